The second kappa shape index (κ2) is 8.81. The lowest BCUT2D eigenvalue weighted by molar-refractivity contribution is -0.605. The van der Waals surface area contributed by atoms with Crippen LogP contribution in [-0.2, 0) is 6.42 Å². The lowest BCUT2D eigenvalue weighted by Crippen LogP contribution is -2.42. The summed E-state index contributed by atoms with van der Waals surface area (Å²) in [6.45, 7) is 3.62. The summed E-state index contributed by atoms with van der Waals surface area (Å²) in [5.41, 5.74) is 1.81. The average Bonchev–Trinajstić information content (AvgIpc) is 2.66. The molecule has 1 aromatic carbocycles. The van der Waals surface area contributed by atoms with E-state index in [2.05, 4.69) is 24.1 Å². The molecule has 1 amide bonds. The van der Waals surface area contributed by atoms with Crippen LogP contribution in [0.4, 0.5) is 0 Å². The maximum atomic E-state index is 13.0. The second-order valence-electron chi connectivity index (χ2n) is 7.20. The molecule has 0 saturated carbocycles. The highest BCUT2D eigenvalue weighted by atomic mass is 16.5. The van der Waals surface area contributed by atoms with Crippen molar-refractivity contribution in [3.05, 3.63) is 71.2 Å². The smallest absolute Gasteiger partial charge is 0.254 e. The van der Waals surface area contributed by atoms with Crippen LogP contribution in [-0.4, -0.2) is 48.9 Å². The number of rotatable bonds is 6. The van der Waals surface area contributed by atoms with Gasteiger partial charge in [-0.25, -0.2) is 0 Å². The van der Waals surface area contributed by atoms with Crippen LogP contribution in [0, 0.1) is 11.1 Å². The van der Waals surface area contributed by atoms with E-state index in [1.165, 1.54) is 24.4 Å². The van der Waals surface area contributed by atoms with Gasteiger partial charge >= 0.3 is 0 Å². The monoisotopic (exact) mass is 353 g/mol. The summed E-state index contributed by atoms with van der Waals surface area (Å²) in [5, 5.41) is 11.3. The SMILES string of the molecule is CN1CCC[C@@H](CN(CCc2ccccc2)C(=O)c2cc[n+]([O-])cc2)C1. The normalized spacial score (nSPS) is 17.8. The van der Waals surface area contributed by atoms with Crippen LogP contribution in [0.2, 0.25) is 0 Å². The van der Waals surface area contributed by atoms with Crippen LogP contribution >= 0.6 is 0 Å². The second-order valence-corrected chi connectivity index (χ2v) is 7.20. The van der Waals surface area contributed by atoms with E-state index < -0.39 is 0 Å². The number of aromatic nitrogens is 1. The van der Waals surface area contributed by atoms with E-state index in [4.69, 9.17) is 0 Å². The van der Waals surface area contributed by atoms with Crippen molar-refractivity contribution in [2.75, 3.05) is 33.2 Å². The number of likely N-dealkylation sites (tertiary alicyclic amines) is 1. The zero-order valence-electron chi connectivity index (χ0n) is 15.4. The Morgan fingerprint density at radius 1 is 1.23 bits per heavy atom. The topological polar surface area (TPSA) is 50.5 Å². The number of hydrogen-bond acceptors (Lipinski definition) is 3. The molecule has 2 heterocycles. The van der Waals surface area contributed by atoms with Crippen molar-refractivity contribution in [1.29, 1.82) is 0 Å². The predicted molar refractivity (Wildman–Crippen MR) is 102 cm³/mol. The first-order valence-corrected chi connectivity index (χ1v) is 9.32. The summed E-state index contributed by atoms with van der Waals surface area (Å²) in [5.74, 6) is 0.511. The molecule has 1 aliphatic heterocycles. The zero-order chi connectivity index (χ0) is 18.4. The summed E-state index contributed by atoms with van der Waals surface area (Å²) >= 11 is 0. The van der Waals surface area contributed by atoms with Gasteiger partial charge in [0.05, 0.1) is 5.56 Å². The number of benzene rings is 1. The number of pyridine rings is 1. The lowest BCUT2D eigenvalue weighted by Gasteiger charge is -2.34. The molecule has 1 atom stereocenters. The minimum atomic E-state index is 0.00903. The van der Waals surface area contributed by atoms with Gasteiger partial charge in [-0.1, -0.05) is 30.3 Å². The van der Waals surface area contributed by atoms with Gasteiger partial charge in [-0.2, -0.15) is 4.73 Å². The summed E-state index contributed by atoms with van der Waals surface area (Å²) in [6, 6.07) is 13.5. The van der Waals surface area contributed by atoms with Crippen LogP contribution in [0.1, 0.15) is 28.8 Å². The molecule has 0 radical (unpaired) electrons. The molecule has 5 nitrogen and oxygen atoms in total. The number of nitrogens with zero attached hydrogens (tertiary/aromatic N) is 3. The standard InChI is InChI=1S/C21H27N3O2/c1-22-12-5-8-19(16-22)17-23(13-9-18-6-3-2-4-7-18)21(25)20-10-14-24(26)15-11-20/h2-4,6-7,10-11,14-15,19H,5,8-9,12-13,16-17H2,1H3/t19-/m1/s1. The molecule has 0 aliphatic carbocycles. The van der Waals surface area contributed by atoms with Crippen LogP contribution in [0.3, 0.4) is 0 Å². The maximum absolute atomic E-state index is 13.0. The van der Waals surface area contributed by atoms with Gasteiger partial charge in [0.15, 0.2) is 12.4 Å². The van der Waals surface area contributed by atoms with Gasteiger partial charge in [0, 0.05) is 31.8 Å². The van der Waals surface area contributed by atoms with Crippen molar-refractivity contribution in [2.45, 2.75) is 19.3 Å². The van der Waals surface area contributed by atoms with Gasteiger partial charge in [0.2, 0.25) is 0 Å². The molecule has 1 fully saturated rings. The summed E-state index contributed by atoms with van der Waals surface area (Å²) in [7, 11) is 2.15. The first-order chi connectivity index (χ1) is 12.6. The molecule has 0 N–H and O–H groups in total. The maximum Gasteiger partial charge on any atom is 0.254 e. The Bertz CT molecular complexity index is 703. The van der Waals surface area contributed by atoms with Gasteiger partial charge in [-0.05, 0) is 44.3 Å². The van der Waals surface area contributed by atoms with E-state index in [1.807, 2.05) is 23.1 Å². The van der Waals surface area contributed by atoms with Gasteiger partial charge in [-0.3, -0.25) is 4.79 Å². The van der Waals surface area contributed by atoms with E-state index in [0.29, 0.717) is 22.8 Å². The van der Waals surface area contributed by atoms with E-state index >= 15 is 0 Å². The fraction of sp³-hybridized carbons (Fsp3) is 0.429. The highest BCUT2D eigenvalue weighted by molar-refractivity contribution is 5.94. The first-order valence-electron chi connectivity index (χ1n) is 9.32. The number of carbonyl (C=O) groups excluding carboxylic acids is 1. The molecule has 3 rings (SSSR count). The predicted octanol–water partition coefficient (Wildman–Crippen LogP) is 2.35. The Balaban J connectivity index is 1.71. The number of amides is 1. The Morgan fingerprint density at radius 3 is 2.65 bits per heavy atom. The molecule has 0 unspecified atom stereocenters. The van der Waals surface area contributed by atoms with Gasteiger partial charge in [0.25, 0.3) is 5.91 Å². The highest BCUT2D eigenvalue weighted by Crippen LogP contribution is 2.18. The molecular formula is C21H27N3O2. The Kier molecular flexibility index (Phi) is 6.23. The summed E-state index contributed by atoms with van der Waals surface area (Å²) in [4.78, 5) is 17.3. The molecular weight excluding hydrogens is 326 g/mol. The van der Waals surface area contributed by atoms with Crippen molar-refractivity contribution in [3.63, 3.8) is 0 Å². The third-order valence-corrected chi connectivity index (χ3v) is 5.05. The van der Waals surface area contributed by atoms with Crippen LogP contribution in [0.25, 0.3) is 0 Å². The molecule has 26 heavy (non-hydrogen) atoms. The molecule has 5 heteroatoms. The third kappa shape index (κ3) is 5.05. The third-order valence-electron chi connectivity index (χ3n) is 5.05. The molecule has 2 aromatic rings. The fourth-order valence-corrected chi connectivity index (χ4v) is 3.66. The largest absolute Gasteiger partial charge is 0.619 e. The summed E-state index contributed by atoms with van der Waals surface area (Å²) in [6.07, 6.45) is 5.95. The van der Waals surface area contributed by atoms with Gasteiger partial charge in [-0.15, -0.1) is 0 Å². The number of carbonyl (C=O) groups is 1. The van der Waals surface area contributed by atoms with Gasteiger partial charge in [0.1, 0.15) is 0 Å². The molecule has 0 bridgehead atoms. The van der Waals surface area contributed by atoms with Crippen molar-refractivity contribution in [3.8, 4) is 0 Å². The molecule has 138 valence electrons. The van der Waals surface area contributed by atoms with Crippen molar-refractivity contribution in [2.24, 2.45) is 5.92 Å². The van der Waals surface area contributed by atoms with E-state index in [9.17, 15) is 10.0 Å². The van der Waals surface area contributed by atoms with Crippen molar-refractivity contribution >= 4 is 5.91 Å². The Labute approximate surface area is 155 Å². The first kappa shape index (κ1) is 18.4. The minimum absolute atomic E-state index is 0.00903. The Morgan fingerprint density at radius 2 is 1.96 bits per heavy atom. The number of hydrogen-bond donors (Lipinski definition) is 0. The van der Waals surface area contributed by atoms with Crippen LogP contribution < -0.4 is 4.73 Å². The molecule has 1 aliphatic rings. The molecule has 0 spiro atoms. The van der Waals surface area contributed by atoms with E-state index in [-0.39, 0.29) is 5.91 Å². The van der Waals surface area contributed by atoms with E-state index in [1.54, 1.807) is 12.1 Å². The molecule has 1 saturated heterocycles. The average molecular weight is 353 g/mol. The van der Waals surface area contributed by atoms with Crippen molar-refractivity contribution < 1.29 is 9.52 Å². The van der Waals surface area contributed by atoms with Crippen LogP contribution in [0.5, 0.6) is 0 Å². The number of piperidine rings is 1. The molecule has 1 aromatic heterocycles. The fourth-order valence-electron chi connectivity index (χ4n) is 3.66. The zero-order valence-corrected chi connectivity index (χ0v) is 15.4. The highest BCUT2D eigenvalue weighted by Gasteiger charge is 2.24. The van der Waals surface area contributed by atoms with E-state index in [0.717, 1.165) is 32.5 Å². The van der Waals surface area contributed by atoms with Gasteiger partial charge < -0.3 is 15.0 Å². The minimum Gasteiger partial charge on any atom is -0.619 e. The van der Waals surface area contributed by atoms with Crippen molar-refractivity contribution in [1.82, 2.24) is 9.80 Å². The summed E-state index contributed by atoms with van der Waals surface area (Å²) < 4.78 is 0.710. The lowest BCUT2D eigenvalue weighted by atomic mass is 9.97. The van der Waals surface area contributed by atoms with Crippen LogP contribution in [0.15, 0.2) is 54.9 Å². The Hall–Kier alpha value is -2.40. The quantitative estimate of drug-likeness (QED) is 0.592.